The normalized spacial score (nSPS) is 12.8. The van der Waals surface area contributed by atoms with Crippen molar-refractivity contribution in [2.45, 2.75) is 46.6 Å². The fourth-order valence-electron chi connectivity index (χ4n) is 3.09. The Kier molecular flexibility index (Phi) is 11.3. The van der Waals surface area contributed by atoms with E-state index in [0.717, 1.165) is 56.5 Å². The summed E-state index contributed by atoms with van der Waals surface area (Å²) in [4.78, 5) is 6.75. The SMILES string of the molecule is CCOc1cc(CCCNC(=NC)NCC(C)N(CC)CC)ccc1OC. The van der Waals surface area contributed by atoms with Gasteiger partial charge < -0.3 is 20.1 Å². The van der Waals surface area contributed by atoms with E-state index in [2.05, 4.69) is 53.4 Å². The summed E-state index contributed by atoms with van der Waals surface area (Å²) in [6.45, 7) is 13.1. The van der Waals surface area contributed by atoms with E-state index in [-0.39, 0.29) is 0 Å². The summed E-state index contributed by atoms with van der Waals surface area (Å²) < 4.78 is 11.0. The van der Waals surface area contributed by atoms with E-state index in [4.69, 9.17) is 9.47 Å². The maximum Gasteiger partial charge on any atom is 0.191 e. The van der Waals surface area contributed by atoms with Crippen LogP contribution in [0.5, 0.6) is 11.5 Å². The van der Waals surface area contributed by atoms with E-state index in [1.54, 1.807) is 7.11 Å². The molecule has 0 aliphatic carbocycles. The molecule has 1 unspecified atom stereocenters. The summed E-state index contributed by atoms with van der Waals surface area (Å²) in [5.41, 5.74) is 1.25. The molecule has 0 radical (unpaired) electrons. The lowest BCUT2D eigenvalue weighted by Crippen LogP contribution is -2.46. The van der Waals surface area contributed by atoms with Crippen LogP contribution in [0, 0.1) is 0 Å². The number of hydrogen-bond donors (Lipinski definition) is 2. The molecule has 0 aliphatic heterocycles. The van der Waals surface area contributed by atoms with E-state index in [1.807, 2.05) is 20.0 Å². The van der Waals surface area contributed by atoms with Gasteiger partial charge in [-0.15, -0.1) is 0 Å². The summed E-state index contributed by atoms with van der Waals surface area (Å²) in [6, 6.07) is 6.62. The number of nitrogens with zero attached hydrogens (tertiary/aromatic N) is 2. The molecule has 1 aromatic carbocycles. The topological polar surface area (TPSA) is 58.1 Å². The molecule has 0 amide bonds. The molecule has 27 heavy (non-hydrogen) atoms. The molecule has 0 saturated heterocycles. The lowest BCUT2D eigenvalue weighted by Gasteiger charge is -2.27. The van der Waals surface area contributed by atoms with Gasteiger partial charge in [-0.3, -0.25) is 9.89 Å². The summed E-state index contributed by atoms with van der Waals surface area (Å²) in [6.07, 6.45) is 1.99. The molecule has 0 saturated carbocycles. The first-order valence-electron chi connectivity index (χ1n) is 10.1. The van der Waals surface area contributed by atoms with Crippen LogP contribution in [0.4, 0.5) is 0 Å². The van der Waals surface area contributed by atoms with Crippen molar-refractivity contribution < 1.29 is 9.47 Å². The Bertz CT molecular complexity index is 559. The Labute approximate surface area is 165 Å². The second kappa shape index (κ2) is 13.3. The Hall–Kier alpha value is -1.95. The number of rotatable bonds is 12. The third-order valence-corrected chi connectivity index (χ3v) is 4.69. The molecule has 0 bridgehead atoms. The van der Waals surface area contributed by atoms with Gasteiger partial charge in [-0.05, 0) is 57.5 Å². The second-order valence-electron chi connectivity index (χ2n) is 6.47. The van der Waals surface area contributed by atoms with Crippen LogP contribution in [0.1, 0.15) is 39.7 Å². The highest BCUT2D eigenvalue weighted by atomic mass is 16.5. The van der Waals surface area contributed by atoms with Crippen LogP contribution in [-0.2, 0) is 6.42 Å². The van der Waals surface area contributed by atoms with Gasteiger partial charge in [0.2, 0.25) is 0 Å². The van der Waals surface area contributed by atoms with Crippen molar-refractivity contribution in [1.82, 2.24) is 15.5 Å². The first kappa shape index (κ1) is 23.1. The van der Waals surface area contributed by atoms with Gasteiger partial charge in [0.25, 0.3) is 0 Å². The highest BCUT2D eigenvalue weighted by Crippen LogP contribution is 2.28. The zero-order valence-corrected chi connectivity index (χ0v) is 18.0. The number of aryl methyl sites for hydroxylation is 1. The van der Waals surface area contributed by atoms with Crippen LogP contribution in [-0.4, -0.2) is 63.8 Å². The summed E-state index contributed by atoms with van der Waals surface area (Å²) in [7, 11) is 3.48. The number of hydrogen-bond acceptors (Lipinski definition) is 4. The maximum atomic E-state index is 5.65. The number of aliphatic imine (C=N–C) groups is 1. The number of likely N-dealkylation sites (N-methyl/N-ethyl adjacent to an activating group) is 1. The number of nitrogens with one attached hydrogen (secondary N) is 2. The van der Waals surface area contributed by atoms with Crippen molar-refractivity contribution in [3.05, 3.63) is 23.8 Å². The van der Waals surface area contributed by atoms with Crippen LogP contribution in [0.25, 0.3) is 0 Å². The smallest absolute Gasteiger partial charge is 0.191 e. The van der Waals surface area contributed by atoms with Crippen LogP contribution in [0.15, 0.2) is 23.2 Å². The number of guanidine groups is 1. The summed E-state index contributed by atoms with van der Waals surface area (Å²) in [5.74, 6) is 2.46. The molecule has 154 valence electrons. The van der Waals surface area contributed by atoms with Gasteiger partial charge in [0.05, 0.1) is 13.7 Å². The third-order valence-electron chi connectivity index (χ3n) is 4.69. The molecule has 0 spiro atoms. The third kappa shape index (κ3) is 8.08. The van der Waals surface area contributed by atoms with Crippen LogP contribution >= 0.6 is 0 Å². The van der Waals surface area contributed by atoms with Gasteiger partial charge >= 0.3 is 0 Å². The second-order valence-corrected chi connectivity index (χ2v) is 6.47. The van der Waals surface area contributed by atoms with E-state index >= 15 is 0 Å². The van der Waals surface area contributed by atoms with Crippen molar-refractivity contribution in [2.75, 3.05) is 46.9 Å². The van der Waals surface area contributed by atoms with E-state index < -0.39 is 0 Å². The minimum atomic E-state index is 0.481. The molecular formula is C21H38N4O2. The minimum absolute atomic E-state index is 0.481. The monoisotopic (exact) mass is 378 g/mol. The Morgan fingerprint density at radius 3 is 2.48 bits per heavy atom. The summed E-state index contributed by atoms with van der Waals surface area (Å²) in [5, 5.41) is 6.82. The average Bonchev–Trinajstić information content (AvgIpc) is 2.68. The van der Waals surface area contributed by atoms with Crippen molar-refractivity contribution in [3.8, 4) is 11.5 Å². The van der Waals surface area contributed by atoms with Gasteiger partial charge in [0.15, 0.2) is 17.5 Å². The van der Waals surface area contributed by atoms with Crippen LogP contribution in [0.2, 0.25) is 0 Å². The van der Waals surface area contributed by atoms with E-state index in [9.17, 15) is 0 Å². The summed E-state index contributed by atoms with van der Waals surface area (Å²) >= 11 is 0. The standard InChI is InChI=1S/C21H38N4O2/c1-7-25(8-2)17(4)16-24-21(22-5)23-14-10-11-18-12-13-19(26-6)20(15-18)27-9-3/h12-13,15,17H,7-11,14,16H2,1-6H3,(H2,22,23,24). The van der Waals surface area contributed by atoms with Crippen LogP contribution < -0.4 is 20.1 Å². The molecular weight excluding hydrogens is 340 g/mol. The van der Waals surface area contributed by atoms with Crippen molar-refractivity contribution in [1.29, 1.82) is 0 Å². The Morgan fingerprint density at radius 1 is 1.15 bits per heavy atom. The lowest BCUT2D eigenvalue weighted by atomic mass is 10.1. The molecule has 0 aromatic heterocycles. The highest BCUT2D eigenvalue weighted by Gasteiger charge is 2.10. The number of benzene rings is 1. The molecule has 0 heterocycles. The number of methoxy groups -OCH3 is 1. The molecule has 1 aromatic rings. The van der Waals surface area contributed by atoms with Crippen LogP contribution in [0.3, 0.4) is 0 Å². The zero-order chi connectivity index (χ0) is 20.1. The molecule has 0 fully saturated rings. The fourth-order valence-corrected chi connectivity index (χ4v) is 3.09. The predicted octanol–water partition coefficient (Wildman–Crippen LogP) is 2.92. The van der Waals surface area contributed by atoms with E-state index in [0.29, 0.717) is 12.6 Å². The van der Waals surface area contributed by atoms with Gasteiger partial charge in [0, 0.05) is 26.2 Å². The first-order chi connectivity index (χ1) is 13.1. The van der Waals surface area contributed by atoms with Gasteiger partial charge in [-0.2, -0.15) is 0 Å². The molecule has 1 rings (SSSR count). The minimum Gasteiger partial charge on any atom is -0.493 e. The van der Waals surface area contributed by atoms with Crippen molar-refractivity contribution in [2.24, 2.45) is 4.99 Å². The lowest BCUT2D eigenvalue weighted by molar-refractivity contribution is 0.231. The Morgan fingerprint density at radius 2 is 1.89 bits per heavy atom. The van der Waals surface area contributed by atoms with Gasteiger partial charge in [0.1, 0.15) is 0 Å². The highest BCUT2D eigenvalue weighted by molar-refractivity contribution is 5.79. The largest absolute Gasteiger partial charge is 0.493 e. The molecule has 2 N–H and O–H groups in total. The molecule has 1 atom stereocenters. The predicted molar refractivity (Wildman–Crippen MR) is 114 cm³/mol. The zero-order valence-electron chi connectivity index (χ0n) is 18.0. The van der Waals surface area contributed by atoms with Crippen molar-refractivity contribution >= 4 is 5.96 Å². The molecule has 6 heteroatoms. The van der Waals surface area contributed by atoms with E-state index in [1.165, 1.54) is 5.56 Å². The number of ether oxygens (including phenoxy) is 2. The van der Waals surface area contributed by atoms with Gasteiger partial charge in [-0.25, -0.2) is 0 Å². The maximum absolute atomic E-state index is 5.65. The Balaban J connectivity index is 2.40. The average molecular weight is 379 g/mol. The van der Waals surface area contributed by atoms with Crippen molar-refractivity contribution in [3.63, 3.8) is 0 Å². The molecule has 6 nitrogen and oxygen atoms in total. The quantitative estimate of drug-likeness (QED) is 0.333. The van der Waals surface area contributed by atoms with Gasteiger partial charge in [-0.1, -0.05) is 19.9 Å². The molecule has 0 aliphatic rings. The fraction of sp³-hybridized carbons (Fsp3) is 0.667. The first-order valence-corrected chi connectivity index (χ1v) is 10.1.